The van der Waals surface area contributed by atoms with Crippen molar-refractivity contribution in [2.75, 3.05) is 0 Å². The number of aromatic nitrogens is 1. The summed E-state index contributed by atoms with van der Waals surface area (Å²) in [5, 5.41) is 4.02. The van der Waals surface area contributed by atoms with E-state index in [2.05, 4.69) is 10.3 Å². The van der Waals surface area contributed by atoms with Crippen molar-refractivity contribution in [2.45, 2.75) is 50.8 Å². The Morgan fingerprint density at radius 3 is 2.64 bits per heavy atom. The second-order valence-electron chi connectivity index (χ2n) is 5.83. The lowest BCUT2D eigenvalue weighted by Gasteiger charge is -2.24. The zero-order chi connectivity index (χ0) is 14.8. The molecule has 3 atom stereocenters. The highest BCUT2D eigenvalue weighted by Gasteiger charge is 2.38. The summed E-state index contributed by atoms with van der Waals surface area (Å²) in [7, 11) is 0. The molecule has 1 aliphatic heterocycles. The third-order valence-corrected chi connectivity index (χ3v) is 4.74. The van der Waals surface area contributed by atoms with Crippen LogP contribution in [0.3, 0.4) is 0 Å². The summed E-state index contributed by atoms with van der Waals surface area (Å²) < 4.78 is 5.38. The van der Waals surface area contributed by atoms with Crippen LogP contribution in [0.25, 0.3) is 0 Å². The van der Waals surface area contributed by atoms with E-state index >= 15 is 0 Å². The van der Waals surface area contributed by atoms with E-state index in [4.69, 9.17) is 27.9 Å². The Balaban J connectivity index is 0.00000176. The molecule has 122 valence electrons. The lowest BCUT2D eigenvalue weighted by Crippen LogP contribution is -2.37. The number of nitrogens with zero attached hydrogens (tertiary/aromatic N) is 1. The van der Waals surface area contributed by atoms with E-state index in [9.17, 15) is 4.79 Å². The molecule has 1 aromatic rings. The Labute approximate surface area is 146 Å². The van der Waals surface area contributed by atoms with Gasteiger partial charge in [-0.15, -0.1) is 12.4 Å². The van der Waals surface area contributed by atoms with E-state index in [-0.39, 0.29) is 31.0 Å². The van der Waals surface area contributed by atoms with Crippen molar-refractivity contribution < 1.29 is 9.53 Å². The minimum absolute atomic E-state index is 0. The predicted octanol–water partition coefficient (Wildman–Crippen LogP) is 3.77. The molecule has 0 bridgehead atoms. The summed E-state index contributed by atoms with van der Waals surface area (Å²) >= 11 is 11.7. The first kappa shape index (κ1) is 17.8. The summed E-state index contributed by atoms with van der Waals surface area (Å²) in [4.78, 5) is 16.0. The van der Waals surface area contributed by atoms with E-state index in [1.807, 2.05) is 0 Å². The normalized spacial score (nSPS) is 26.9. The Bertz CT molecular complexity index is 507. The van der Waals surface area contributed by atoms with Gasteiger partial charge in [-0.25, -0.2) is 4.98 Å². The van der Waals surface area contributed by atoms with E-state index < -0.39 is 0 Å². The molecule has 0 amide bonds. The van der Waals surface area contributed by atoms with Gasteiger partial charge in [0.05, 0.1) is 0 Å². The van der Waals surface area contributed by atoms with Gasteiger partial charge in [-0.05, 0) is 42.9 Å². The first-order valence-electron chi connectivity index (χ1n) is 7.36. The van der Waals surface area contributed by atoms with Gasteiger partial charge in [0.1, 0.15) is 23.0 Å². The van der Waals surface area contributed by atoms with Crippen LogP contribution < -0.4 is 5.32 Å². The number of carbonyl (C=O) groups is 1. The van der Waals surface area contributed by atoms with Crippen LogP contribution in [0, 0.1) is 5.92 Å². The average Bonchev–Trinajstić information content (AvgIpc) is 2.87. The molecule has 2 heterocycles. The number of esters is 1. The summed E-state index contributed by atoms with van der Waals surface area (Å²) in [5.41, 5.74) is 0.753. The zero-order valence-corrected chi connectivity index (χ0v) is 14.4. The first-order chi connectivity index (χ1) is 10.1. The van der Waals surface area contributed by atoms with Crippen LogP contribution in [-0.4, -0.2) is 23.0 Å². The second-order valence-corrected chi connectivity index (χ2v) is 6.61. The Morgan fingerprint density at radius 1 is 1.27 bits per heavy atom. The lowest BCUT2D eigenvalue weighted by molar-refractivity contribution is -0.147. The topological polar surface area (TPSA) is 51.2 Å². The van der Waals surface area contributed by atoms with Crippen LogP contribution in [0.1, 0.15) is 37.7 Å². The molecule has 2 aliphatic rings. The summed E-state index contributed by atoms with van der Waals surface area (Å²) in [6.07, 6.45) is 5.81. The third-order valence-electron chi connectivity index (χ3n) is 4.35. The van der Waals surface area contributed by atoms with Crippen LogP contribution in [0.2, 0.25) is 10.3 Å². The van der Waals surface area contributed by atoms with E-state index in [1.54, 1.807) is 12.1 Å². The maximum atomic E-state index is 12.2. The number of rotatable bonds is 3. The van der Waals surface area contributed by atoms with E-state index in [1.165, 1.54) is 25.7 Å². The van der Waals surface area contributed by atoms with E-state index in [0.29, 0.717) is 22.3 Å². The molecule has 4 nitrogen and oxygen atoms in total. The molecule has 3 rings (SSSR count). The summed E-state index contributed by atoms with van der Waals surface area (Å²) in [6, 6.07) is 3.62. The zero-order valence-electron chi connectivity index (χ0n) is 12.1. The van der Waals surface area contributed by atoms with Crippen molar-refractivity contribution in [2.24, 2.45) is 5.92 Å². The monoisotopic (exact) mass is 364 g/mol. The smallest absolute Gasteiger partial charge is 0.323 e. The third kappa shape index (κ3) is 4.25. The van der Waals surface area contributed by atoms with Gasteiger partial charge < -0.3 is 10.1 Å². The maximum Gasteiger partial charge on any atom is 0.323 e. The number of fused-ring (bicyclic) bond motifs is 1. The first-order valence-corrected chi connectivity index (χ1v) is 8.12. The molecule has 2 fully saturated rings. The standard InChI is InChI=1S/C15H18Cl2N2O2.ClH/c16-13-5-9(6-14(17)19-13)8-21-15(20)12-7-10-3-1-2-4-11(10)18-12;/h5-6,10-12,18H,1-4,7-8H2;1H/t10-,11-,12-;/m0./s1. The van der Waals surface area contributed by atoms with Gasteiger partial charge in [-0.1, -0.05) is 36.0 Å². The second kappa shape index (κ2) is 7.82. The number of nitrogens with one attached hydrogen (secondary N) is 1. The maximum absolute atomic E-state index is 12.2. The van der Waals surface area contributed by atoms with Crippen LogP contribution >= 0.6 is 35.6 Å². The molecule has 0 radical (unpaired) electrons. The van der Waals surface area contributed by atoms with Crippen molar-refractivity contribution in [3.05, 3.63) is 28.0 Å². The van der Waals surface area contributed by atoms with Crippen molar-refractivity contribution in [1.29, 1.82) is 0 Å². The number of hydrogen-bond donors (Lipinski definition) is 1. The molecule has 1 N–H and O–H groups in total. The number of halogens is 3. The van der Waals surface area contributed by atoms with Gasteiger partial charge in [0.2, 0.25) is 0 Å². The fraction of sp³-hybridized carbons (Fsp3) is 0.600. The fourth-order valence-corrected chi connectivity index (χ4v) is 3.86. The minimum atomic E-state index is -0.187. The largest absolute Gasteiger partial charge is 0.460 e. The quantitative estimate of drug-likeness (QED) is 0.654. The predicted molar refractivity (Wildman–Crippen MR) is 88.6 cm³/mol. The SMILES string of the molecule is Cl.O=C(OCc1cc(Cl)nc(Cl)c1)[C@@H]1C[C@@H]2CCCC[C@@H]2N1. The molecular weight excluding hydrogens is 347 g/mol. The Hall–Kier alpha value is -0.550. The molecule has 1 aliphatic carbocycles. The van der Waals surface area contributed by atoms with Gasteiger partial charge in [0.25, 0.3) is 0 Å². The fourth-order valence-electron chi connectivity index (χ4n) is 3.36. The average molecular weight is 366 g/mol. The molecule has 22 heavy (non-hydrogen) atoms. The van der Waals surface area contributed by atoms with Crippen LogP contribution in [0.4, 0.5) is 0 Å². The van der Waals surface area contributed by atoms with Gasteiger partial charge in [-0.3, -0.25) is 4.79 Å². The van der Waals surface area contributed by atoms with Crippen molar-refractivity contribution in [3.63, 3.8) is 0 Å². The number of carbonyl (C=O) groups excluding carboxylic acids is 1. The lowest BCUT2D eigenvalue weighted by atomic mass is 9.85. The Kier molecular flexibility index (Phi) is 6.33. The number of pyridine rings is 1. The molecule has 0 unspecified atom stereocenters. The van der Waals surface area contributed by atoms with Gasteiger partial charge in [0.15, 0.2) is 0 Å². The molecule has 0 spiro atoms. The van der Waals surface area contributed by atoms with Crippen molar-refractivity contribution in [1.82, 2.24) is 10.3 Å². The van der Waals surface area contributed by atoms with Crippen molar-refractivity contribution in [3.8, 4) is 0 Å². The van der Waals surface area contributed by atoms with Gasteiger partial charge >= 0.3 is 5.97 Å². The van der Waals surface area contributed by atoms with Crippen LogP contribution in [0.15, 0.2) is 12.1 Å². The van der Waals surface area contributed by atoms with Crippen LogP contribution in [0.5, 0.6) is 0 Å². The highest BCUT2D eigenvalue weighted by atomic mass is 35.5. The van der Waals surface area contributed by atoms with Crippen LogP contribution in [-0.2, 0) is 16.1 Å². The molecule has 1 saturated carbocycles. The molecular formula is C15H19Cl3N2O2. The molecule has 7 heteroatoms. The van der Waals surface area contributed by atoms with Gasteiger partial charge in [0, 0.05) is 6.04 Å². The minimum Gasteiger partial charge on any atom is -0.460 e. The highest BCUT2D eigenvalue weighted by Crippen LogP contribution is 2.33. The van der Waals surface area contributed by atoms with Crippen molar-refractivity contribution >= 4 is 41.6 Å². The summed E-state index contributed by atoms with van der Waals surface area (Å²) in [6.45, 7) is 0.175. The Morgan fingerprint density at radius 2 is 1.95 bits per heavy atom. The molecule has 1 aromatic heterocycles. The van der Waals surface area contributed by atoms with Gasteiger partial charge in [-0.2, -0.15) is 0 Å². The molecule has 1 saturated heterocycles. The number of hydrogen-bond acceptors (Lipinski definition) is 4. The molecule has 0 aromatic carbocycles. The highest BCUT2D eigenvalue weighted by molar-refractivity contribution is 6.32. The summed E-state index contributed by atoms with van der Waals surface area (Å²) in [5.74, 6) is 0.439. The number of ether oxygens (including phenoxy) is 1. The van der Waals surface area contributed by atoms with E-state index in [0.717, 1.165) is 12.0 Å².